The van der Waals surface area contributed by atoms with Crippen LogP contribution in [0.15, 0.2) is 53.3 Å². The Balaban J connectivity index is 1.42. The largest absolute Gasteiger partial charge is 0.338 e. The lowest BCUT2D eigenvalue weighted by Gasteiger charge is -2.08. The molecule has 142 valence electrons. The third-order valence-corrected chi connectivity index (χ3v) is 5.51. The average molecular weight is 385 g/mol. The van der Waals surface area contributed by atoms with Crippen LogP contribution in [0.25, 0.3) is 11.0 Å². The Labute approximate surface area is 162 Å². The molecular formula is C20H24N4O2S. The number of fused-ring (bicyclic) bond motifs is 1. The van der Waals surface area contributed by atoms with Crippen LogP contribution < -0.4 is 16.3 Å². The summed E-state index contributed by atoms with van der Waals surface area (Å²) in [4.78, 5) is 24.0. The number of urea groups is 1. The van der Waals surface area contributed by atoms with Gasteiger partial charge in [0.05, 0.1) is 11.0 Å². The molecule has 1 aromatic heterocycles. The maximum absolute atomic E-state index is 12.1. The van der Waals surface area contributed by atoms with Crippen LogP contribution in [0.2, 0.25) is 0 Å². The molecule has 0 saturated heterocycles. The standard InChI is InChI=1S/C20H24N4O2S/c1-23-17-10-9-16(13-18(17)24(2)20(23)26)22-19(25)21-11-6-12-27-14-15-7-4-3-5-8-15/h3-5,7-10,13H,6,11-12,14H2,1-2H3,(H2,21,22,25). The normalized spacial score (nSPS) is 10.9. The number of amides is 2. The van der Waals surface area contributed by atoms with Crippen LogP contribution in [-0.4, -0.2) is 27.5 Å². The van der Waals surface area contributed by atoms with Crippen molar-refractivity contribution in [1.82, 2.24) is 14.5 Å². The van der Waals surface area contributed by atoms with Gasteiger partial charge in [0.25, 0.3) is 0 Å². The molecule has 2 amide bonds. The van der Waals surface area contributed by atoms with Gasteiger partial charge < -0.3 is 10.6 Å². The van der Waals surface area contributed by atoms with E-state index in [2.05, 4.69) is 22.8 Å². The van der Waals surface area contributed by atoms with E-state index in [1.54, 1.807) is 29.3 Å². The maximum atomic E-state index is 12.1. The van der Waals surface area contributed by atoms with E-state index in [-0.39, 0.29) is 11.7 Å². The van der Waals surface area contributed by atoms with Crippen LogP contribution in [0.5, 0.6) is 0 Å². The molecule has 0 aliphatic rings. The van der Waals surface area contributed by atoms with E-state index in [4.69, 9.17) is 0 Å². The topological polar surface area (TPSA) is 68.1 Å². The van der Waals surface area contributed by atoms with Crippen LogP contribution >= 0.6 is 11.8 Å². The Morgan fingerprint density at radius 1 is 1.04 bits per heavy atom. The highest BCUT2D eigenvalue weighted by molar-refractivity contribution is 7.98. The number of imidazole rings is 1. The number of aryl methyl sites for hydroxylation is 2. The fourth-order valence-electron chi connectivity index (χ4n) is 2.90. The number of rotatable bonds is 7. The first-order chi connectivity index (χ1) is 13.1. The zero-order valence-electron chi connectivity index (χ0n) is 15.6. The van der Waals surface area contributed by atoms with Crippen molar-refractivity contribution in [2.45, 2.75) is 12.2 Å². The van der Waals surface area contributed by atoms with E-state index in [0.717, 1.165) is 29.0 Å². The number of hydrogen-bond acceptors (Lipinski definition) is 3. The predicted octanol–water partition coefficient (Wildman–Crippen LogP) is 3.32. The van der Waals surface area contributed by atoms with Gasteiger partial charge in [-0.2, -0.15) is 11.8 Å². The van der Waals surface area contributed by atoms with Crippen LogP contribution in [0.3, 0.4) is 0 Å². The number of thioether (sulfide) groups is 1. The van der Waals surface area contributed by atoms with Gasteiger partial charge in [-0.05, 0) is 35.9 Å². The number of benzene rings is 2. The molecule has 27 heavy (non-hydrogen) atoms. The molecule has 1 heterocycles. The molecule has 0 saturated carbocycles. The Morgan fingerprint density at radius 2 is 1.78 bits per heavy atom. The van der Waals surface area contributed by atoms with Crippen molar-refractivity contribution < 1.29 is 4.79 Å². The summed E-state index contributed by atoms with van der Waals surface area (Å²) in [6.07, 6.45) is 0.914. The molecule has 0 atom stereocenters. The Bertz CT molecular complexity index is 979. The highest BCUT2D eigenvalue weighted by atomic mass is 32.2. The molecule has 3 rings (SSSR count). The number of carbonyl (C=O) groups is 1. The van der Waals surface area contributed by atoms with Gasteiger partial charge in [-0.15, -0.1) is 0 Å². The molecular weight excluding hydrogens is 360 g/mol. The molecule has 0 spiro atoms. The molecule has 2 N–H and O–H groups in total. The van der Waals surface area contributed by atoms with Crippen molar-refractivity contribution >= 4 is 34.5 Å². The summed E-state index contributed by atoms with van der Waals surface area (Å²) < 4.78 is 3.16. The average Bonchev–Trinajstić information content (AvgIpc) is 2.89. The minimum atomic E-state index is -0.233. The van der Waals surface area contributed by atoms with Crippen molar-refractivity contribution in [3.8, 4) is 0 Å². The highest BCUT2D eigenvalue weighted by Crippen LogP contribution is 2.17. The monoisotopic (exact) mass is 384 g/mol. The first kappa shape index (κ1) is 19.1. The summed E-state index contributed by atoms with van der Waals surface area (Å²) in [5.41, 5.74) is 3.53. The summed E-state index contributed by atoms with van der Waals surface area (Å²) in [6.45, 7) is 0.625. The first-order valence-corrected chi connectivity index (χ1v) is 10.0. The van der Waals surface area contributed by atoms with E-state index >= 15 is 0 Å². The van der Waals surface area contributed by atoms with Crippen molar-refractivity contribution in [3.63, 3.8) is 0 Å². The number of nitrogens with one attached hydrogen (secondary N) is 2. The Morgan fingerprint density at radius 3 is 2.56 bits per heavy atom. The second-order valence-electron chi connectivity index (χ2n) is 6.38. The third kappa shape index (κ3) is 4.74. The fourth-order valence-corrected chi connectivity index (χ4v) is 3.82. The molecule has 0 radical (unpaired) electrons. The van der Waals surface area contributed by atoms with Crippen LogP contribution in [0, 0.1) is 0 Å². The van der Waals surface area contributed by atoms with E-state index < -0.39 is 0 Å². The van der Waals surface area contributed by atoms with E-state index in [0.29, 0.717) is 12.2 Å². The van der Waals surface area contributed by atoms with Crippen LogP contribution in [0.4, 0.5) is 10.5 Å². The lowest BCUT2D eigenvalue weighted by atomic mass is 10.2. The molecule has 0 bridgehead atoms. The fraction of sp³-hybridized carbons (Fsp3) is 0.300. The number of carbonyl (C=O) groups excluding carboxylic acids is 1. The number of nitrogens with zero attached hydrogens (tertiary/aromatic N) is 2. The maximum Gasteiger partial charge on any atom is 0.328 e. The molecule has 3 aromatic rings. The van der Waals surface area contributed by atoms with Crippen molar-refractivity contribution in [2.75, 3.05) is 17.6 Å². The van der Waals surface area contributed by atoms with Crippen molar-refractivity contribution in [3.05, 3.63) is 64.6 Å². The minimum Gasteiger partial charge on any atom is -0.338 e. The summed E-state index contributed by atoms with van der Waals surface area (Å²) in [5, 5.41) is 5.70. The van der Waals surface area contributed by atoms with E-state index in [9.17, 15) is 9.59 Å². The molecule has 2 aromatic carbocycles. The third-order valence-electron chi connectivity index (χ3n) is 4.39. The van der Waals surface area contributed by atoms with Gasteiger partial charge in [-0.3, -0.25) is 9.13 Å². The van der Waals surface area contributed by atoms with Gasteiger partial charge in [0, 0.05) is 32.1 Å². The summed E-state index contributed by atoms with van der Waals surface area (Å²) in [6, 6.07) is 15.6. The molecule has 0 aliphatic heterocycles. The van der Waals surface area contributed by atoms with Crippen LogP contribution in [-0.2, 0) is 19.8 Å². The van der Waals surface area contributed by atoms with Gasteiger partial charge in [0.15, 0.2) is 0 Å². The molecule has 0 unspecified atom stereocenters. The van der Waals surface area contributed by atoms with Crippen molar-refractivity contribution in [1.29, 1.82) is 0 Å². The first-order valence-electron chi connectivity index (χ1n) is 8.88. The van der Waals surface area contributed by atoms with Gasteiger partial charge in [-0.1, -0.05) is 30.3 Å². The zero-order valence-corrected chi connectivity index (χ0v) is 16.4. The summed E-state index contributed by atoms with van der Waals surface area (Å²) in [5.74, 6) is 1.98. The van der Waals surface area contributed by atoms with Gasteiger partial charge >= 0.3 is 11.7 Å². The summed E-state index contributed by atoms with van der Waals surface area (Å²) >= 11 is 1.86. The second-order valence-corrected chi connectivity index (χ2v) is 7.48. The van der Waals surface area contributed by atoms with Gasteiger partial charge in [-0.25, -0.2) is 9.59 Å². The lowest BCUT2D eigenvalue weighted by Crippen LogP contribution is -2.29. The predicted molar refractivity (Wildman–Crippen MR) is 112 cm³/mol. The number of anilines is 1. The second kappa shape index (κ2) is 8.81. The van der Waals surface area contributed by atoms with E-state index in [1.165, 1.54) is 5.56 Å². The number of aromatic nitrogens is 2. The molecule has 0 fully saturated rings. The zero-order chi connectivity index (χ0) is 19.2. The molecule has 0 aliphatic carbocycles. The molecule has 6 nitrogen and oxygen atoms in total. The smallest absolute Gasteiger partial charge is 0.328 e. The quantitative estimate of drug-likeness (QED) is 0.614. The Kier molecular flexibility index (Phi) is 6.24. The Hall–Kier alpha value is -2.67. The summed E-state index contributed by atoms with van der Waals surface area (Å²) in [7, 11) is 3.46. The van der Waals surface area contributed by atoms with Gasteiger partial charge in [0.1, 0.15) is 0 Å². The molecule has 7 heteroatoms. The highest BCUT2D eigenvalue weighted by Gasteiger charge is 2.09. The van der Waals surface area contributed by atoms with E-state index in [1.807, 2.05) is 42.1 Å². The van der Waals surface area contributed by atoms with Crippen LogP contribution in [0.1, 0.15) is 12.0 Å². The number of hydrogen-bond donors (Lipinski definition) is 2. The lowest BCUT2D eigenvalue weighted by molar-refractivity contribution is 0.252. The SMILES string of the molecule is Cn1c(=O)n(C)c2cc(NC(=O)NCCCSCc3ccccc3)ccc21. The van der Waals surface area contributed by atoms with Gasteiger partial charge in [0.2, 0.25) is 0 Å². The minimum absolute atomic E-state index is 0.0837. The van der Waals surface area contributed by atoms with Crippen molar-refractivity contribution in [2.24, 2.45) is 14.1 Å².